The average Bonchev–Trinajstić information content (AvgIpc) is 3.33. The molecule has 0 aliphatic carbocycles. The van der Waals surface area contributed by atoms with Gasteiger partial charge in [-0.3, -0.25) is 0 Å². The Morgan fingerprint density at radius 1 is 0.545 bits per heavy atom. The molecule has 1 fully saturated rings. The second-order valence-corrected chi connectivity index (χ2v) is 8.25. The largest absolute Gasteiger partial charge is 0.378 e. The van der Waals surface area contributed by atoms with E-state index in [9.17, 15) is 0 Å². The van der Waals surface area contributed by atoms with Gasteiger partial charge in [0, 0.05) is 18.8 Å². The van der Waals surface area contributed by atoms with Crippen molar-refractivity contribution in [3.8, 4) is 27.9 Å². The summed E-state index contributed by atoms with van der Waals surface area (Å²) in [6.45, 7) is 3.36. The summed E-state index contributed by atoms with van der Waals surface area (Å²) >= 11 is 0. The number of aromatic nitrogens is 3. The average molecular weight is 433 g/mol. The zero-order valence-corrected chi connectivity index (χ0v) is 18.3. The molecule has 0 radical (unpaired) electrons. The Morgan fingerprint density at radius 2 is 1.09 bits per heavy atom. The van der Waals surface area contributed by atoms with Crippen molar-refractivity contribution < 1.29 is 4.74 Å². The number of anilines is 1. The summed E-state index contributed by atoms with van der Waals surface area (Å²) in [5.74, 6) is 0. The summed E-state index contributed by atoms with van der Waals surface area (Å²) < 4.78 is 5.46. The van der Waals surface area contributed by atoms with Gasteiger partial charge < -0.3 is 9.64 Å². The summed E-state index contributed by atoms with van der Waals surface area (Å²) in [7, 11) is 0. The lowest BCUT2D eigenvalue weighted by atomic mass is 10.0. The van der Waals surface area contributed by atoms with Gasteiger partial charge in [-0.25, -0.2) is 0 Å². The van der Waals surface area contributed by atoms with Crippen molar-refractivity contribution in [2.75, 3.05) is 31.2 Å². The number of hydrogen-bond acceptors (Lipinski definition) is 4. The van der Waals surface area contributed by atoms with E-state index in [0.29, 0.717) is 0 Å². The van der Waals surface area contributed by atoms with Crippen LogP contribution in [0, 0.1) is 0 Å². The van der Waals surface area contributed by atoms with E-state index in [1.165, 1.54) is 27.9 Å². The standard InChI is InChI=1S/C28H24N4O/c1-2-4-21(5-3-1)22-6-8-23(9-7-22)24-10-12-25(13-11-24)32-29-27-15-14-26(20-28(27)30-32)31-16-18-33-19-17-31/h1-15,20H,16-19H2. The Kier molecular flexibility index (Phi) is 5.09. The van der Waals surface area contributed by atoms with Crippen LogP contribution in [0.5, 0.6) is 0 Å². The van der Waals surface area contributed by atoms with Crippen molar-refractivity contribution in [1.29, 1.82) is 0 Å². The highest BCUT2D eigenvalue weighted by Crippen LogP contribution is 2.26. The maximum Gasteiger partial charge on any atom is 0.115 e. The van der Waals surface area contributed by atoms with Gasteiger partial charge in [0.1, 0.15) is 11.0 Å². The van der Waals surface area contributed by atoms with E-state index >= 15 is 0 Å². The molecule has 1 aliphatic rings. The third kappa shape index (κ3) is 3.99. The summed E-state index contributed by atoms with van der Waals surface area (Å²) in [5.41, 5.74) is 8.73. The molecule has 6 rings (SSSR count). The second-order valence-electron chi connectivity index (χ2n) is 8.25. The van der Waals surface area contributed by atoms with Crippen LogP contribution in [-0.2, 0) is 4.74 Å². The van der Waals surface area contributed by atoms with E-state index < -0.39 is 0 Å². The van der Waals surface area contributed by atoms with E-state index in [1.807, 2.05) is 12.1 Å². The number of ether oxygens (including phenoxy) is 1. The highest BCUT2D eigenvalue weighted by molar-refractivity contribution is 5.79. The van der Waals surface area contributed by atoms with E-state index in [0.717, 1.165) is 43.0 Å². The lowest BCUT2D eigenvalue weighted by Crippen LogP contribution is -2.36. The van der Waals surface area contributed by atoms with Crippen molar-refractivity contribution in [1.82, 2.24) is 15.0 Å². The Bertz CT molecular complexity index is 1370. The highest BCUT2D eigenvalue weighted by Gasteiger charge is 2.13. The molecule has 0 N–H and O–H groups in total. The molecule has 33 heavy (non-hydrogen) atoms. The van der Waals surface area contributed by atoms with Crippen molar-refractivity contribution in [2.45, 2.75) is 0 Å². The fourth-order valence-electron chi connectivity index (χ4n) is 4.31. The van der Waals surface area contributed by atoms with Gasteiger partial charge in [0.25, 0.3) is 0 Å². The topological polar surface area (TPSA) is 43.2 Å². The van der Waals surface area contributed by atoms with Gasteiger partial charge >= 0.3 is 0 Å². The lowest BCUT2D eigenvalue weighted by molar-refractivity contribution is 0.122. The summed E-state index contributed by atoms with van der Waals surface area (Å²) in [4.78, 5) is 4.05. The van der Waals surface area contributed by atoms with Gasteiger partial charge in [-0.15, -0.1) is 10.2 Å². The minimum Gasteiger partial charge on any atom is -0.378 e. The SMILES string of the molecule is c1ccc(-c2ccc(-c3ccc(-n4nc5ccc(N6CCOCC6)cc5n4)cc3)cc2)cc1. The Morgan fingerprint density at radius 3 is 1.76 bits per heavy atom. The predicted octanol–water partition coefficient (Wildman–Crippen LogP) is 5.59. The van der Waals surface area contributed by atoms with Gasteiger partial charge in [0.15, 0.2) is 0 Å². The van der Waals surface area contributed by atoms with E-state index in [4.69, 9.17) is 9.84 Å². The number of benzene rings is 4. The van der Waals surface area contributed by atoms with E-state index in [-0.39, 0.29) is 0 Å². The zero-order valence-electron chi connectivity index (χ0n) is 18.3. The van der Waals surface area contributed by atoms with Crippen LogP contribution in [0.2, 0.25) is 0 Å². The first-order valence-electron chi connectivity index (χ1n) is 11.3. The molecule has 162 valence electrons. The third-order valence-electron chi connectivity index (χ3n) is 6.16. The molecule has 1 aromatic heterocycles. The molecule has 2 heterocycles. The van der Waals surface area contributed by atoms with E-state index in [2.05, 4.69) is 94.9 Å². The molecule has 5 aromatic rings. The second kappa shape index (κ2) is 8.52. The first-order chi connectivity index (χ1) is 16.3. The van der Waals surface area contributed by atoms with Crippen molar-refractivity contribution in [2.24, 2.45) is 0 Å². The highest BCUT2D eigenvalue weighted by atomic mass is 16.5. The van der Waals surface area contributed by atoms with Crippen molar-refractivity contribution >= 4 is 16.7 Å². The number of rotatable bonds is 4. The number of hydrogen-bond donors (Lipinski definition) is 0. The molecule has 0 unspecified atom stereocenters. The summed E-state index contributed by atoms with van der Waals surface area (Å²) in [6.07, 6.45) is 0. The Balaban J connectivity index is 1.23. The molecule has 0 amide bonds. The normalized spacial score (nSPS) is 14.0. The Hall–Kier alpha value is -3.96. The van der Waals surface area contributed by atoms with Crippen LogP contribution < -0.4 is 4.90 Å². The van der Waals surface area contributed by atoms with Crippen LogP contribution in [-0.4, -0.2) is 41.3 Å². The number of nitrogens with zero attached hydrogens (tertiary/aromatic N) is 4. The van der Waals surface area contributed by atoms with Crippen LogP contribution in [0.25, 0.3) is 39.0 Å². The van der Waals surface area contributed by atoms with Crippen molar-refractivity contribution in [3.05, 3.63) is 97.1 Å². The smallest absolute Gasteiger partial charge is 0.115 e. The summed E-state index contributed by atoms with van der Waals surface area (Å²) in [6, 6.07) is 33.8. The van der Waals surface area contributed by atoms with Gasteiger partial charge in [0.05, 0.1) is 18.9 Å². The number of morpholine rings is 1. The minimum absolute atomic E-state index is 0.770. The first kappa shape index (κ1) is 19.7. The van der Waals surface area contributed by atoms with Gasteiger partial charge in [-0.2, -0.15) is 4.80 Å². The zero-order chi connectivity index (χ0) is 22.0. The summed E-state index contributed by atoms with van der Waals surface area (Å²) in [5, 5.41) is 9.41. The van der Waals surface area contributed by atoms with Crippen LogP contribution in [0.3, 0.4) is 0 Å². The molecule has 0 saturated carbocycles. The van der Waals surface area contributed by atoms with E-state index in [1.54, 1.807) is 4.80 Å². The molecule has 5 heteroatoms. The monoisotopic (exact) mass is 432 g/mol. The maximum absolute atomic E-state index is 5.46. The maximum atomic E-state index is 5.46. The quantitative estimate of drug-likeness (QED) is 0.371. The molecular formula is C28H24N4O. The molecule has 0 atom stereocenters. The van der Waals surface area contributed by atoms with Gasteiger partial charge in [-0.1, -0.05) is 66.7 Å². The first-order valence-corrected chi connectivity index (χ1v) is 11.3. The molecule has 0 spiro atoms. The lowest BCUT2D eigenvalue weighted by Gasteiger charge is -2.28. The molecule has 1 saturated heterocycles. The van der Waals surface area contributed by atoms with Crippen LogP contribution in [0.1, 0.15) is 0 Å². The third-order valence-corrected chi connectivity index (χ3v) is 6.16. The van der Waals surface area contributed by atoms with Gasteiger partial charge in [0.2, 0.25) is 0 Å². The van der Waals surface area contributed by atoms with Crippen LogP contribution >= 0.6 is 0 Å². The van der Waals surface area contributed by atoms with Crippen LogP contribution in [0.4, 0.5) is 5.69 Å². The molecule has 4 aromatic carbocycles. The molecule has 5 nitrogen and oxygen atoms in total. The number of fused-ring (bicyclic) bond motifs is 1. The predicted molar refractivity (Wildman–Crippen MR) is 133 cm³/mol. The fraction of sp³-hybridized carbons (Fsp3) is 0.143. The van der Waals surface area contributed by atoms with Gasteiger partial charge in [-0.05, 0) is 52.6 Å². The van der Waals surface area contributed by atoms with Crippen molar-refractivity contribution in [3.63, 3.8) is 0 Å². The molecular weight excluding hydrogens is 408 g/mol. The minimum atomic E-state index is 0.770. The fourth-order valence-corrected chi connectivity index (χ4v) is 4.31. The molecule has 1 aliphatic heterocycles. The van der Waals surface area contributed by atoms with Crippen LogP contribution in [0.15, 0.2) is 97.1 Å². The Labute approximate surface area is 192 Å². The molecule has 0 bridgehead atoms.